The molecule has 1 unspecified atom stereocenters. The number of unbranched alkanes of at least 4 members (excludes halogenated alkanes) is 1. The zero-order valence-corrected chi connectivity index (χ0v) is 12.2. The van der Waals surface area contributed by atoms with Gasteiger partial charge in [-0.05, 0) is 24.1 Å². The molecule has 0 bridgehead atoms. The van der Waals surface area contributed by atoms with Crippen LogP contribution in [-0.4, -0.2) is 10.7 Å². The van der Waals surface area contributed by atoms with Gasteiger partial charge in [0, 0.05) is 11.6 Å². The summed E-state index contributed by atoms with van der Waals surface area (Å²) >= 11 is 9.18. The van der Waals surface area contributed by atoms with Crippen molar-refractivity contribution in [3.63, 3.8) is 0 Å². The van der Waals surface area contributed by atoms with E-state index in [0.717, 1.165) is 24.8 Å². The van der Waals surface area contributed by atoms with Gasteiger partial charge in [-0.2, -0.15) is 0 Å². The highest BCUT2D eigenvalue weighted by atomic mass is 79.9. The minimum atomic E-state index is -0.0882. The van der Waals surface area contributed by atoms with Crippen LogP contribution >= 0.6 is 27.5 Å². The van der Waals surface area contributed by atoms with Crippen LogP contribution in [0.15, 0.2) is 24.3 Å². The van der Waals surface area contributed by atoms with E-state index in [1.165, 1.54) is 0 Å². The number of alkyl halides is 1. The van der Waals surface area contributed by atoms with Crippen molar-refractivity contribution < 1.29 is 4.79 Å². The third-order valence-electron chi connectivity index (χ3n) is 2.48. The highest BCUT2D eigenvalue weighted by Crippen LogP contribution is 2.11. The van der Waals surface area contributed by atoms with E-state index < -0.39 is 0 Å². The van der Waals surface area contributed by atoms with Gasteiger partial charge in [0.2, 0.25) is 5.91 Å². The van der Waals surface area contributed by atoms with Gasteiger partial charge in [-0.25, -0.2) is 0 Å². The molecule has 4 heteroatoms. The third-order valence-corrected chi connectivity index (χ3v) is 3.60. The molecule has 0 aliphatic rings. The Morgan fingerprint density at radius 3 is 2.65 bits per heavy atom. The van der Waals surface area contributed by atoms with Crippen LogP contribution in [0, 0.1) is 0 Å². The van der Waals surface area contributed by atoms with Gasteiger partial charge in [0.15, 0.2) is 0 Å². The summed E-state index contributed by atoms with van der Waals surface area (Å²) in [4.78, 5) is 11.6. The van der Waals surface area contributed by atoms with Crippen molar-refractivity contribution in [2.75, 3.05) is 0 Å². The van der Waals surface area contributed by atoms with Gasteiger partial charge in [0.1, 0.15) is 0 Å². The Morgan fingerprint density at radius 2 is 2.06 bits per heavy atom. The summed E-state index contributed by atoms with van der Waals surface area (Å²) in [6.07, 6.45) is 3.04. The Hall–Kier alpha value is -0.540. The molecule has 17 heavy (non-hydrogen) atoms. The zero-order chi connectivity index (χ0) is 12.7. The van der Waals surface area contributed by atoms with Crippen LogP contribution < -0.4 is 5.32 Å². The average molecular weight is 319 g/mol. The van der Waals surface area contributed by atoms with E-state index in [-0.39, 0.29) is 10.7 Å². The molecule has 1 atom stereocenters. The number of rotatable bonds is 6. The van der Waals surface area contributed by atoms with E-state index in [4.69, 9.17) is 11.6 Å². The Labute approximate surface area is 116 Å². The van der Waals surface area contributed by atoms with E-state index in [1.54, 1.807) is 0 Å². The monoisotopic (exact) mass is 317 g/mol. The fourth-order valence-corrected chi connectivity index (χ4v) is 2.03. The molecule has 0 aliphatic carbocycles. The van der Waals surface area contributed by atoms with Crippen molar-refractivity contribution in [3.8, 4) is 0 Å². The summed E-state index contributed by atoms with van der Waals surface area (Å²) in [6.45, 7) is 2.66. The fourth-order valence-electron chi connectivity index (χ4n) is 1.42. The van der Waals surface area contributed by atoms with Gasteiger partial charge in [-0.3, -0.25) is 4.79 Å². The van der Waals surface area contributed by atoms with Crippen molar-refractivity contribution >= 4 is 33.4 Å². The first-order chi connectivity index (χ1) is 8.13. The molecule has 2 nitrogen and oxygen atoms in total. The number of carbonyl (C=O) groups is 1. The summed E-state index contributed by atoms with van der Waals surface area (Å²) in [6, 6.07) is 7.48. The number of carbonyl (C=O) groups excluding carboxylic acids is 1. The Morgan fingerprint density at radius 1 is 1.41 bits per heavy atom. The molecule has 0 spiro atoms. The lowest BCUT2D eigenvalue weighted by Gasteiger charge is -2.10. The van der Waals surface area contributed by atoms with Crippen molar-refractivity contribution in [1.29, 1.82) is 0 Å². The molecule has 1 N–H and O–H groups in total. The highest BCUT2D eigenvalue weighted by molar-refractivity contribution is 9.10. The van der Waals surface area contributed by atoms with Gasteiger partial charge in [-0.1, -0.05) is 59.4 Å². The summed E-state index contributed by atoms with van der Waals surface area (Å²) < 4.78 is 0. The minimum Gasteiger partial charge on any atom is -0.351 e. The lowest BCUT2D eigenvalue weighted by atomic mass is 10.2. The van der Waals surface area contributed by atoms with Crippen molar-refractivity contribution in [3.05, 3.63) is 34.9 Å². The number of benzene rings is 1. The second-order valence-corrected chi connectivity index (χ2v) is 5.50. The first-order valence-electron chi connectivity index (χ1n) is 5.79. The molecule has 0 radical (unpaired) electrons. The Kier molecular flexibility index (Phi) is 6.60. The maximum atomic E-state index is 11.7. The number of amides is 1. The lowest BCUT2D eigenvalue weighted by molar-refractivity contribution is -0.120. The third kappa shape index (κ3) is 5.55. The first kappa shape index (κ1) is 14.5. The second-order valence-electron chi connectivity index (χ2n) is 3.95. The molecular weight excluding hydrogens is 302 g/mol. The van der Waals surface area contributed by atoms with Crippen LogP contribution in [0.25, 0.3) is 0 Å². The number of halogens is 2. The lowest BCUT2D eigenvalue weighted by Crippen LogP contribution is -2.30. The molecule has 1 amide bonds. The standard InChI is InChI=1S/C13H17BrClNO/c1-2-3-4-12(14)13(17)16-9-10-5-7-11(15)8-6-10/h5-8,12H,2-4,9H2,1H3,(H,16,17). The van der Waals surface area contributed by atoms with Crippen molar-refractivity contribution in [2.45, 2.75) is 37.6 Å². The normalized spacial score (nSPS) is 12.2. The van der Waals surface area contributed by atoms with Crippen molar-refractivity contribution in [1.82, 2.24) is 5.32 Å². The van der Waals surface area contributed by atoms with Gasteiger partial charge in [-0.15, -0.1) is 0 Å². The largest absolute Gasteiger partial charge is 0.351 e. The topological polar surface area (TPSA) is 29.1 Å². The Bertz CT molecular complexity index is 353. The number of nitrogens with one attached hydrogen (secondary N) is 1. The van der Waals surface area contributed by atoms with Crippen LogP contribution in [0.3, 0.4) is 0 Å². The average Bonchev–Trinajstić information content (AvgIpc) is 2.34. The van der Waals surface area contributed by atoms with E-state index in [0.29, 0.717) is 11.6 Å². The molecule has 1 aromatic rings. The predicted molar refractivity (Wildman–Crippen MR) is 75.5 cm³/mol. The molecule has 1 rings (SSSR count). The predicted octanol–water partition coefficient (Wildman–Crippen LogP) is 3.91. The van der Waals surface area contributed by atoms with E-state index in [1.807, 2.05) is 24.3 Å². The van der Waals surface area contributed by atoms with Gasteiger partial charge in [0.05, 0.1) is 4.83 Å². The maximum Gasteiger partial charge on any atom is 0.234 e. The molecule has 0 fully saturated rings. The number of hydrogen-bond acceptors (Lipinski definition) is 1. The second kappa shape index (κ2) is 7.72. The van der Waals surface area contributed by atoms with Crippen LogP contribution in [-0.2, 0) is 11.3 Å². The molecule has 0 saturated carbocycles. The van der Waals surface area contributed by atoms with E-state index in [2.05, 4.69) is 28.2 Å². The molecular formula is C13H17BrClNO. The molecule has 0 saturated heterocycles. The highest BCUT2D eigenvalue weighted by Gasteiger charge is 2.13. The molecule has 0 aromatic heterocycles. The van der Waals surface area contributed by atoms with E-state index >= 15 is 0 Å². The van der Waals surface area contributed by atoms with Gasteiger partial charge in [0.25, 0.3) is 0 Å². The molecule has 0 aliphatic heterocycles. The fraction of sp³-hybridized carbons (Fsp3) is 0.462. The van der Waals surface area contributed by atoms with E-state index in [9.17, 15) is 4.79 Å². The maximum absolute atomic E-state index is 11.7. The smallest absolute Gasteiger partial charge is 0.234 e. The zero-order valence-electron chi connectivity index (χ0n) is 9.88. The SMILES string of the molecule is CCCCC(Br)C(=O)NCc1ccc(Cl)cc1. The van der Waals surface area contributed by atoms with Crippen LogP contribution in [0.2, 0.25) is 5.02 Å². The Balaban J connectivity index is 2.34. The van der Waals surface area contributed by atoms with Crippen LogP contribution in [0.1, 0.15) is 31.7 Å². The van der Waals surface area contributed by atoms with Gasteiger partial charge < -0.3 is 5.32 Å². The summed E-state index contributed by atoms with van der Waals surface area (Å²) in [5.41, 5.74) is 1.05. The molecule has 0 heterocycles. The summed E-state index contributed by atoms with van der Waals surface area (Å²) in [7, 11) is 0. The van der Waals surface area contributed by atoms with Crippen LogP contribution in [0.5, 0.6) is 0 Å². The molecule has 94 valence electrons. The number of hydrogen-bond donors (Lipinski definition) is 1. The van der Waals surface area contributed by atoms with Crippen LogP contribution in [0.4, 0.5) is 0 Å². The van der Waals surface area contributed by atoms with Gasteiger partial charge >= 0.3 is 0 Å². The summed E-state index contributed by atoms with van der Waals surface area (Å²) in [5, 5.41) is 3.61. The minimum absolute atomic E-state index is 0.0494. The van der Waals surface area contributed by atoms with Crippen molar-refractivity contribution in [2.24, 2.45) is 0 Å². The summed E-state index contributed by atoms with van der Waals surface area (Å²) in [5.74, 6) is 0.0494. The molecule has 1 aromatic carbocycles. The quantitative estimate of drug-likeness (QED) is 0.792. The first-order valence-corrected chi connectivity index (χ1v) is 7.09.